The van der Waals surface area contributed by atoms with Gasteiger partial charge in [0.25, 0.3) is 0 Å². The highest BCUT2D eigenvalue weighted by Crippen LogP contribution is 2.34. The number of aliphatic hydroxyl groups is 2. The molecule has 0 bridgehead atoms. The van der Waals surface area contributed by atoms with E-state index in [1.807, 2.05) is 6.26 Å². The van der Waals surface area contributed by atoms with Crippen molar-refractivity contribution in [3.8, 4) is 0 Å². The minimum Gasteiger partial charge on any atom is -0.393 e. The molecule has 1 atom stereocenters. The van der Waals surface area contributed by atoms with Crippen LogP contribution in [0.2, 0.25) is 5.02 Å². The average Bonchev–Trinajstić information content (AvgIpc) is 2.86. The van der Waals surface area contributed by atoms with Gasteiger partial charge in [0, 0.05) is 29.6 Å². The molecule has 1 aliphatic heterocycles. The molecule has 7 nitrogen and oxygen atoms in total. The average molecular weight is 528 g/mol. The van der Waals surface area contributed by atoms with Crippen LogP contribution in [-0.4, -0.2) is 44.6 Å². The van der Waals surface area contributed by atoms with E-state index in [1.165, 1.54) is 22.9 Å². The summed E-state index contributed by atoms with van der Waals surface area (Å²) >= 11 is 8.03. The van der Waals surface area contributed by atoms with Gasteiger partial charge in [0.1, 0.15) is 17.7 Å². The number of aliphatic hydroxyl groups excluding tert-OH is 2. The van der Waals surface area contributed by atoms with E-state index in [4.69, 9.17) is 21.6 Å². The molecule has 0 aliphatic carbocycles. The number of halogens is 1. The van der Waals surface area contributed by atoms with Crippen molar-refractivity contribution < 1.29 is 10.2 Å². The van der Waals surface area contributed by atoms with E-state index >= 15 is 0 Å². The minimum atomic E-state index is -0.998. The maximum absolute atomic E-state index is 9.89. The molecule has 0 saturated carbocycles. The van der Waals surface area contributed by atoms with Crippen LogP contribution in [-0.2, 0) is 24.8 Å². The maximum Gasteiger partial charge on any atom is 0.189 e. The fraction of sp³-hybridized carbons (Fsp3) is 0.444. The lowest BCUT2D eigenvalue weighted by Crippen LogP contribution is -2.33. The van der Waals surface area contributed by atoms with Crippen molar-refractivity contribution in [3.05, 3.63) is 63.4 Å². The first-order valence-corrected chi connectivity index (χ1v) is 13.8. The molecule has 0 amide bonds. The molecule has 0 radical (unpaired) electrons. The normalized spacial score (nSPS) is 14.5. The van der Waals surface area contributed by atoms with Crippen molar-refractivity contribution in [3.63, 3.8) is 0 Å². The Morgan fingerprint density at radius 3 is 2.64 bits per heavy atom. The highest BCUT2D eigenvalue weighted by atomic mass is 35.5. The number of aryl methyl sites for hydroxylation is 1. The van der Waals surface area contributed by atoms with Crippen LogP contribution in [0.5, 0.6) is 0 Å². The predicted octanol–water partition coefficient (Wildman–Crippen LogP) is 5.44. The van der Waals surface area contributed by atoms with E-state index < -0.39 is 6.10 Å². The van der Waals surface area contributed by atoms with Crippen LogP contribution in [0.15, 0.2) is 35.6 Å². The molecule has 0 spiro atoms. The molecule has 9 heteroatoms. The van der Waals surface area contributed by atoms with Crippen LogP contribution in [0, 0.1) is 0 Å². The Bertz CT molecular complexity index is 1250. The van der Waals surface area contributed by atoms with Gasteiger partial charge in [0.2, 0.25) is 0 Å². The first kappa shape index (κ1) is 26.7. The summed E-state index contributed by atoms with van der Waals surface area (Å²) in [5.74, 6) is 1.48. The van der Waals surface area contributed by atoms with E-state index in [-0.39, 0.29) is 12.0 Å². The topological polar surface area (TPSA) is 94.4 Å². The summed E-state index contributed by atoms with van der Waals surface area (Å²) in [5, 5.41) is 23.8. The maximum atomic E-state index is 9.89. The highest BCUT2D eigenvalue weighted by Gasteiger charge is 2.25. The lowest BCUT2D eigenvalue weighted by atomic mass is 9.83. The molecule has 4 rings (SSSR count). The van der Waals surface area contributed by atoms with Crippen LogP contribution in [0.3, 0.4) is 0 Å². The van der Waals surface area contributed by atoms with Crippen molar-refractivity contribution in [2.75, 3.05) is 29.6 Å². The minimum absolute atomic E-state index is 0.0944. The fourth-order valence-electron chi connectivity index (χ4n) is 4.58. The number of thioether (sulfide) groups is 1. The van der Waals surface area contributed by atoms with E-state index in [0.717, 1.165) is 35.6 Å². The lowest BCUT2D eigenvalue weighted by molar-refractivity contribution is 0.0953. The molecular formula is C27H34ClN5O2S. The summed E-state index contributed by atoms with van der Waals surface area (Å²) in [5.41, 5.74) is 6.36. The van der Waals surface area contributed by atoms with E-state index in [0.29, 0.717) is 34.6 Å². The fourth-order valence-corrected chi connectivity index (χ4v) is 5.26. The number of pyridine rings is 1. The Morgan fingerprint density at radius 2 is 2.00 bits per heavy atom. The second-order valence-corrected chi connectivity index (χ2v) is 11.2. The Balaban J connectivity index is 1.63. The summed E-state index contributed by atoms with van der Waals surface area (Å²) in [6, 6.07) is 8.24. The predicted molar refractivity (Wildman–Crippen MR) is 148 cm³/mol. The van der Waals surface area contributed by atoms with Gasteiger partial charge in [-0.3, -0.25) is 0 Å². The number of hydrogen-bond donors (Lipinski definition) is 3. The van der Waals surface area contributed by atoms with Gasteiger partial charge >= 0.3 is 0 Å². The quantitative estimate of drug-likeness (QED) is 0.276. The third-order valence-electron chi connectivity index (χ3n) is 6.48. The van der Waals surface area contributed by atoms with Gasteiger partial charge in [-0.05, 0) is 53.8 Å². The number of aromatic nitrogens is 3. The van der Waals surface area contributed by atoms with Crippen molar-refractivity contribution >= 4 is 40.7 Å². The van der Waals surface area contributed by atoms with Crippen LogP contribution < -0.4 is 10.2 Å². The van der Waals surface area contributed by atoms with E-state index in [1.54, 1.807) is 12.3 Å². The van der Waals surface area contributed by atoms with Crippen molar-refractivity contribution in [1.29, 1.82) is 0 Å². The third kappa shape index (κ3) is 5.62. The standard InChI is InChI=1S/C27H34ClN5O2S/c1-6-16-11-18(7-8-20(16)27(2,3)4)30-24-19-9-10-33(14-22(19)31-26(32-24)36-5)25-21(28)12-17(13-29-25)23(35)15-34/h7-8,11-13,23,34-35H,6,9-10,14-15H2,1-5H3,(H,30,31,32)/t23-/m0/s1. The van der Waals surface area contributed by atoms with Gasteiger partial charge < -0.3 is 20.4 Å². The van der Waals surface area contributed by atoms with E-state index in [9.17, 15) is 10.2 Å². The number of hydrogen-bond acceptors (Lipinski definition) is 8. The molecule has 0 saturated heterocycles. The van der Waals surface area contributed by atoms with Gasteiger partial charge in [-0.2, -0.15) is 0 Å². The Labute approximate surface area is 222 Å². The molecule has 3 aromatic rings. The summed E-state index contributed by atoms with van der Waals surface area (Å²) in [6.45, 7) is 9.81. The number of nitrogens with zero attached hydrogens (tertiary/aromatic N) is 4. The molecule has 1 aromatic carbocycles. The second kappa shape index (κ2) is 10.9. The first-order chi connectivity index (χ1) is 17.1. The third-order valence-corrected chi connectivity index (χ3v) is 7.31. The first-order valence-electron chi connectivity index (χ1n) is 12.2. The van der Waals surface area contributed by atoms with Crippen LogP contribution in [0.25, 0.3) is 0 Å². The number of anilines is 3. The van der Waals surface area contributed by atoms with Gasteiger partial charge in [0.05, 0.1) is 23.9 Å². The lowest BCUT2D eigenvalue weighted by Gasteiger charge is -2.31. The smallest absolute Gasteiger partial charge is 0.189 e. The number of nitrogens with one attached hydrogen (secondary N) is 1. The molecule has 0 unspecified atom stereocenters. The molecule has 36 heavy (non-hydrogen) atoms. The summed E-state index contributed by atoms with van der Waals surface area (Å²) in [6.07, 6.45) is 4.25. The van der Waals surface area contributed by atoms with Gasteiger partial charge in [-0.15, -0.1) is 0 Å². The summed E-state index contributed by atoms with van der Waals surface area (Å²) in [4.78, 5) is 16.2. The van der Waals surface area contributed by atoms with Crippen LogP contribution in [0.4, 0.5) is 17.3 Å². The largest absolute Gasteiger partial charge is 0.393 e. The Hall–Kier alpha value is -2.39. The molecule has 3 heterocycles. The van der Waals surface area contributed by atoms with Gasteiger partial charge in [-0.25, -0.2) is 15.0 Å². The van der Waals surface area contributed by atoms with Gasteiger partial charge in [0.15, 0.2) is 5.16 Å². The Kier molecular flexibility index (Phi) is 8.09. The van der Waals surface area contributed by atoms with Crippen LogP contribution in [0.1, 0.15) is 61.7 Å². The molecule has 0 fully saturated rings. The summed E-state index contributed by atoms with van der Waals surface area (Å²) in [7, 11) is 0. The number of benzene rings is 1. The Morgan fingerprint density at radius 1 is 1.22 bits per heavy atom. The highest BCUT2D eigenvalue weighted by molar-refractivity contribution is 7.98. The van der Waals surface area contributed by atoms with Crippen molar-refractivity contribution in [2.45, 2.75) is 63.8 Å². The molecule has 2 aromatic heterocycles. The van der Waals surface area contributed by atoms with Crippen LogP contribution >= 0.6 is 23.4 Å². The molecule has 1 aliphatic rings. The zero-order chi connectivity index (χ0) is 26.0. The zero-order valence-electron chi connectivity index (χ0n) is 21.5. The monoisotopic (exact) mass is 527 g/mol. The second-order valence-electron chi connectivity index (χ2n) is 10.0. The number of fused-ring (bicyclic) bond motifs is 1. The van der Waals surface area contributed by atoms with Crippen molar-refractivity contribution in [2.24, 2.45) is 0 Å². The molecular weight excluding hydrogens is 494 g/mol. The SMILES string of the molecule is CCc1cc(Nc2nc(SC)nc3c2CCN(c2ncc([C@@H](O)CO)cc2Cl)C3)ccc1C(C)(C)C. The summed E-state index contributed by atoms with van der Waals surface area (Å²) < 4.78 is 0. The van der Waals surface area contributed by atoms with Gasteiger partial charge in [-0.1, -0.05) is 57.1 Å². The van der Waals surface area contributed by atoms with Crippen molar-refractivity contribution in [1.82, 2.24) is 15.0 Å². The number of rotatable bonds is 7. The molecule has 3 N–H and O–H groups in total. The molecule has 192 valence electrons. The van der Waals surface area contributed by atoms with E-state index in [2.05, 4.69) is 61.1 Å². The zero-order valence-corrected chi connectivity index (χ0v) is 23.0.